The Morgan fingerprint density at radius 2 is 1.89 bits per heavy atom. The first-order valence-corrected chi connectivity index (χ1v) is 2.96. The number of aliphatic imine (C=N–C) groups is 1. The molecule has 0 unspecified atom stereocenters. The highest BCUT2D eigenvalue weighted by molar-refractivity contribution is 5.54. The van der Waals surface area contributed by atoms with Gasteiger partial charge in [0.1, 0.15) is 0 Å². The van der Waals surface area contributed by atoms with Gasteiger partial charge in [-0.3, -0.25) is 0 Å². The summed E-state index contributed by atoms with van der Waals surface area (Å²) >= 11 is 0. The third-order valence-corrected chi connectivity index (χ3v) is 0.630. The molecule has 0 N–H and O–H groups in total. The molecule has 0 spiro atoms. The first-order valence-electron chi connectivity index (χ1n) is 2.96. The molecule has 0 aromatic rings. The van der Waals surface area contributed by atoms with Crippen LogP contribution in [0.1, 0.15) is 13.8 Å². The lowest BCUT2D eigenvalue weighted by Crippen LogP contribution is -2.06. The molecular weight excluding hydrogens is 112 g/mol. The Morgan fingerprint density at radius 1 is 1.33 bits per heavy atom. The van der Waals surface area contributed by atoms with E-state index < -0.39 is 0 Å². The van der Waals surface area contributed by atoms with Crippen LogP contribution in [-0.4, -0.2) is 25.3 Å². The lowest BCUT2D eigenvalue weighted by Gasteiger charge is -1.99. The molecule has 52 valence electrons. The van der Waals surface area contributed by atoms with Gasteiger partial charge in [0.25, 0.3) is 0 Å². The highest BCUT2D eigenvalue weighted by atomic mass is 15.1. The zero-order chi connectivity index (χ0) is 7.28. The molecule has 0 bridgehead atoms. The largest absolute Gasteiger partial charge is 0.369 e. The fourth-order valence-electron chi connectivity index (χ4n) is 0.316. The lowest BCUT2D eigenvalue weighted by molar-refractivity contribution is 0.643. The van der Waals surface area contributed by atoms with Gasteiger partial charge >= 0.3 is 0 Å². The second-order valence-corrected chi connectivity index (χ2v) is 2.43. The van der Waals surface area contributed by atoms with Gasteiger partial charge in [0.15, 0.2) is 0 Å². The lowest BCUT2D eigenvalue weighted by atomic mass is 10.4. The molecule has 0 aliphatic heterocycles. The van der Waals surface area contributed by atoms with Crippen LogP contribution >= 0.6 is 0 Å². The Morgan fingerprint density at radius 3 is 2.22 bits per heavy atom. The van der Waals surface area contributed by atoms with Crippen molar-refractivity contribution in [3.05, 3.63) is 11.8 Å². The summed E-state index contributed by atoms with van der Waals surface area (Å²) in [6.07, 6.45) is 3.60. The van der Waals surface area contributed by atoms with E-state index in [-0.39, 0.29) is 0 Å². The first kappa shape index (κ1) is 8.21. The molecule has 0 amide bonds. The van der Waals surface area contributed by atoms with Crippen LogP contribution in [0, 0.1) is 0 Å². The molecule has 0 aliphatic rings. The van der Waals surface area contributed by atoms with Crippen LogP contribution < -0.4 is 0 Å². The normalized spacial score (nSPS) is 9.78. The van der Waals surface area contributed by atoms with E-state index >= 15 is 0 Å². The van der Waals surface area contributed by atoms with Gasteiger partial charge in [0, 0.05) is 20.3 Å². The monoisotopic (exact) mass is 126 g/mol. The number of hydrogen-bond donors (Lipinski definition) is 0. The second kappa shape index (κ2) is 4.13. The van der Waals surface area contributed by atoms with Crippen molar-refractivity contribution in [1.82, 2.24) is 4.90 Å². The zero-order valence-corrected chi connectivity index (χ0v) is 6.55. The molecule has 0 aliphatic carbocycles. The summed E-state index contributed by atoms with van der Waals surface area (Å²) in [6.45, 7) is 4.04. The standard InChI is InChI=1S/C7H14N2/c1-7(2)5-8-6-9(3)4/h5-6H,1-4H3/b8-6-. The molecule has 9 heavy (non-hydrogen) atoms. The van der Waals surface area contributed by atoms with E-state index in [1.807, 2.05) is 39.0 Å². The number of hydrogen-bond acceptors (Lipinski definition) is 1. The van der Waals surface area contributed by atoms with E-state index in [4.69, 9.17) is 0 Å². The van der Waals surface area contributed by atoms with E-state index in [1.165, 1.54) is 5.57 Å². The summed E-state index contributed by atoms with van der Waals surface area (Å²) in [5.41, 5.74) is 1.22. The maximum absolute atomic E-state index is 4.01. The predicted molar refractivity (Wildman–Crippen MR) is 41.6 cm³/mol. The van der Waals surface area contributed by atoms with Gasteiger partial charge in [-0.15, -0.1) is 0 Å². The predicted octanol–water partition coefficient (Wildman–Crippen LogP) is 1.50. The molecule has 0 rings (SSSR count). The Balaban J connectivity index is 3.60. The van der Waals surface area contributed by atoms with Crippen molar-refractivity contribution in [3.63, 3.8) is 0 Å². The van der Waals surface area contributed by atoms with Crippen LogP contribution in [0.5, 0.6) is 0 Å². The van der Waals surface area contributed by atoms with Gasteiger partial charge in [-0.25, -0.2) is 4.99 Å². The summed E-state index contributed by atoms with van der Waals surface area (Å²) in [6, 6.07) is 0. The van der Waals surface area contributed by atoms with Crippen molar-refractivity contribution in [2.45, 2.75) is 13.8 Å². The van der Waals surface area contributed by atoms with Crippen LogP contribution in [0.15, 0.2) is 16.8 Å². The highest BCUT2D eigenvalue weighted by Crippen LogP contribution is 1.86. The molecule has 2 heteroatoms. The summed E-state index contributed by atoms with van der Waals surface area (Å²) in [7, 11) is 3.89. The van der Waals surface area contributed by atoms with Gasteiger partial charge in [-0.2, -0.15) is 0 Å². The minimum atomic E-state index is 1.22. The van der Waals surface area contributed by atoms with Crippen molar-refractivity contribution in [1.29, 1.82) is 0 Å². The Labute approximate surface area is 56.9 Å². The van der Waals surface area contributed by atoms with E-state index in [2.05, 4.69) is 4.99 Å². The second-order valence-electron chi connectivity index (χ2n) is 2.43. The SMILES string of the molecule is CC(C)=C/N=C\N(C)C. The van der Waals surface area contributed by atoms with Crippen LogP contribution in [0.25, 0.3) is 0 Å². The molecule has 2 nitrogen and oxygen atoms in total. The van der Waals surface area contributed by atoms with Crippen LogP contribution in [0.2, 0.25) is 0 Å². The van der Waals surface area contributed by atoms with E-state index in [0.717, 1.165) is 0 Å². The molecule has 0 saturated carbocycles. The molecule has 0 aromatic heterocycles. The van der Waals surface area contributed by atoms with Gasteiger partial charge < -0.3 is 4.90 Å². The fourth-order valence-corrected chi connectivity index (χ4v) is 0.316. The Bertz CT molecular complexity index is 119. The minimum absolute atomic E-state index is 1.22. The Hall–Kier alpha value is -0.790. The third-order valence-electron chi connectivity index (χ3n) is 0.630. The quantitative estimate of drug-likeness (QED) is 0.404. The summed E-state index contributed by atoms with van der Waals surface area (Å²) in [5, 5.41) is 0. The molecular formula is C7H14N2. The molecule has 0 heterocycles. The van der Waals surface area contributed by atoms with Crippen molar-refractivity contribution in [2.75, 3.05) is 14.1 Å². The number of nitrogens with zero attached hydrogens (tertiary/aromatic N) is 2. The smallest absolute Gasteiger partial charge is 0.0899 e. The molecule has 0 fully saturated rings. The summed E-state index contributed by atoms with van der Waals surface area (Å²) in [5.74, 6) is 0. The number of rotatable bonds is 2. The van der Waals surface area contributed by atoms with Crippen LogP contribution in [0.3, 0.4) is 0 Å². The highest BCUT2D eigenvalue weighted by Gasteiger charge is 1.73. The van der Waals surface area contributed by atoms with Gasteiger partial charge in [0.2, 0.25) is 0 Å². The van der Waals surface area contributed by atoms with E-state index in [1.54, 1.807) is 6.34 Å². The fraction of sp³-hybridized carbons (Fsp3) is 0.571. The maximum atomic E-state index is 4.01. The minimum Gasteiger partial charge on any atom is -0.369 e. The third kappa shape index (κ3) is 7.21. The van der Waals surface area contributed by atoms with E-state index in [0.29, 0.717) is 0 Å². The average Bonchev–Trinajstić information content (AvgIpc) is 1.63. The van der Waals surface area contributed by atoms with Crippen molar-refractivity contribution >= 4 is 6.34 Å². The molecule has 0 aromatic carbocycles. The van der Waals surface area contributed by atoms with Crippen molar-refractivity contribution in [3.8, 4) is 0 Å². The zero-order valence-electron chi connectivity index (χ0n) is 6.55. The summed E-state index contributed by atoms with van der Waals surface area (Å²) < 4.78 is 0. The first-order chi connectivity index (χ1) is 4.13. The molecule has 0 radical (unpaired) electrons. The summed E-state index contributed by atoms with van der Waals surface area (Å²) in [4.78, 5) is 5.91. The average molecular weight is 126 g/mol. The van der Waals surface area contributed by atoms with Gasteiger partial charge in [0.05, 0.1) is 6.34 Å². The van der Waals surface area contributed by atoms with E-state index in [9.17, 15) is 0 Å². The van der Waals surface area contributed by atoms with Gasteiger partial charge in [-0.05, 0) is 13.8 Å². The van der Waals surface area contributed by atoms with Gasteiger partial charge in [-0.1, -0.05) is 5.57 Å². The topological polar surface area (TPSA) is 15.6 Å². The Kier molecular flexibility index (Phi) is 3.76. The van der Waals surface area contributed by atoms with Crippen molar-refractivity contribution in [2.24, 2.45) is 4.99 Å². The molecule has 0 atom stereocenters. The maximum Gasteiger partial charge on any atom is 0.0899 e. The van der Waals surface area contributed by atoms with Crippen LogP contribution in [-0.2, 0) is 0 Å². The van der Waals surface area contributed by atoms with Crippen LogP contribution in [0.4, 0.5) is 0 Å². The van der Waals surface area contributed by atoms with Crippen molar-refractivity contribution < 1.29 is 0 Å². The molecule has 0 saturated heterocycles. The number of allylic oxidation sites excluding steroid dienone is 1.